The van der Waals surface area contributed by atoms with E-state index >= 15 is 0 Å². The van der Waals surface area contributed by atoms with Gasteiger partial charge in [0.2, 0.25) is 0 Å². The Labute approximate surface area is 103 Å². The highest BCUT2D eigenvalue weighted by Gasteiger charge is 2.22. The Bertz CT molecular complexity index is 235. The van der Waals surface area contributed by atoms with Crippen LogP contribution < -0.4 is 5.32 Å². The molecule has 0 aliphatic carbocycles. The Morgan fingerprint density at radius 2 is 2.00 bits per heavy atom. The minimum atomic E-state index is 0.106. The molecule has 1 aliphatic rings. The zero-order valence-electron chi connectivity index (χ0n) is 10.9. The first kappa shape index (κ1) is 13.7. The number of hydrogen-bond donors (Lipinski definition) is 1. The zero-order chi connectivity index (χ0) is 12.2. The Kier molecular flexibility index (Phi) is 4.96. The zero-order valence-corrected chi connectivity index (χ0v) is 11.7. The minimum absolute atomic E-state index is 0.106. The quantitative estimate of drug-likeness (QED) is 0.827. The van der Waals surface area contributed by atoms with Crippen LogP contribution in [0.3, 0.4) is 0 Å². The summed E-state index contributed by atoms with van der Waals surface area (Å²) in [5, 5.41) is 3.02. The van der Waals surface area contributed by atoms with Gasteiger partial charge in [0, 0.05) is 24.4 Å². The summed E-state index contributed by atoms with van der Waals surface area (Å²) in [6.45, 7) is 9.11. The average molecular weight is 244 g/mol. The van der Waals surface area contributed by atoms with Crippen LogP contribution in [0.4, 0.5) is 4.79 Å². The molecule has 0 aromatic carbocycles. The molecule has 94 valence electrons. The lowest BCUT2D eigenvalue weighted by atomic mass is 10.00. The predicted molar refractivity (Wildman–Crippen MR) is 71.0 cm³/mol. The number of carbonyl (C=O) groups is 1. The van der Waals surface area contributed by atoms with Crippen molar-refractivity contribution >= 4 is 17.8 Å². The Hall–Kier alpha value is -0.380. The third kappa shape index (κ3) is 4.24. The van der Waals surface area contributed by atoms with E-state index in [0.29, 0.717) is 0 Å². The largest absolute Gasteiger partial charge is 0.337 e. The molecule has 0 saturated carbocycles. The monoisotopic (exact) mass is 244 g/mol. The smallest absolute Gasteiger partial charge is 0.317 e. The van der Waals surface area contributed by atoms with Gasteiger partial charge in [-0.25, -0.2) is 4.79 Å². The summed E-state index contributed by atoms with van der Waals surface area (Å²) in [6.07, 6.45) is 4.35. The minimum Gasteiger partial charge on any atom is -0.337 e. The Morgan fingerprint density at radius 3 is 2.50 bits per heavy atom. The van der Waals surface area contributed by atoms with Crippen molar-refractivity contribution < 1.29 is 4.79 Å². The summed E-state index contributed by atoms with van der Waals surface area (Å²) < 4.78 is 0.124. The van der Waals surface area contributed by atoms with Crippen LogP contribution in [0.1, 0.15) is 33.6 Å². The van der Waals surface area contributed by atoms with Gasteiger partial charge in [-0.15, -0.1) is 0 Å². The maximum Gasteiger partial charge on any atom is 0.317 e. The summed E-state index contributed by atoms with van der Waals surface area (Å²) in [7, 11) is 0. The number of likely N-dealkylation sites (tertiary alicyclic amines) is 1. The van der Waals surface area contributed by atoms with Crippen LogP contribution in [0.2, 0.25) is 0 Å². The van der Waals surface area contributed by atoms with Crippen LogP contribution >= 0.6 is 11.8 Å². The van der Waals surface area contributed by atoms with Crippen LogP contribution in [-0.4, -0.2) is 41.6 Å². The first-order chi connectivity index (χ1) is 7.44. The molecule has 1 saturated heterocycles. The number of piperidine rings is 1. The number of rotatable bonds is 3. The number of nitrogens with one attached hydrogen (secondary N) is 1. The molecule has 0 bridgehead atoms. The van der Waals surface area contributed by atoms with E-state index in [9.17, 15) is 4.79 Å². The third-order valence-corrected chi connectivity index (χ3v) is 4.54. The highest BCUT2D eigenvalue weighted by molar-refractivity contribution is 7.99. The van der Waals surface area contributed by atoms with Gasteiger partial charge in [-0.1, -0.05) is 6.92 Å². The molecule has 0 aromatic rings. The summed E-state index contributed by atoms with van der Waals surface area (Å²) in [6, 6.07) is 0.106. The van der Waals surface area contributed by atoms with E-state index in [1.165, 1.54) is 0 Å². The summed E-state index contributed by atoms with van der Waals surface area (Å²) in [5.74, 6) is 0.770. The lowest BCUT2D eigenvalue weighted by Crippen LogP contribution is -2.47. The van der Waals surface area contributed by atoms with Gasteiger partial charge in [0.25, 0.3) is 0 Å². The number of hydrogen-bond acceptors (Lipinski definition) is 2. The molecular weight excluding hydrogens is 220 g/mol. The lowest BCUT2D eigenvalue weighted by Gasteiger charge is -2.31. The molecule has 2 amide bonds. The Morgan fingerprint density at radius 1 is 1.44 bits per heavy atom. The van der Waals surface area contributed by atoms with Gasteiger partial charge in [-0.3, -0.25) is 0 Å². The van der Waals surface area contributed by atoms with Crippen molar-refractivity contribution in [3.05, 3.63) is 0 Å². The first-order valence-corrected chi connectivity index (χ1v) is 7.25. The van der Waals surface area contributed by atoms with Gasteiger partial charge in [-0.2, -0.15) is 11.8 Å². The van der Waals surface area contributed by atoms with Crippen LogP contribution in [0.5, 0.6) is 0 Å². The summed E-state index contributed by atoms with van der Waals surface area (Å²) >= 11 is 1.78. The molecule has 1 fully saturated rings. The standard InChI is InChI=1S/C12H24N2OS/c1-10-5-7-14(8-6-10)11(15)13-9-12(2,3)16-4/h10H,5-9H2,1-4H3,(H,13,15). The van der Waals surface area contributed by atoms with Gasteiger partial charge < -0.3 is 10.2 Å². The van der Waals surface area contributed by atoms with E-state index in [1.807, 2.05) is 4.90 Å². The molecule has 0 spiro atoms. The van der Waals surface area contributed by atoms with Crippen molar-refractivity contribution in [1.29, 1.82) is 0 Å². The second kappa shape index (κ2) is 5.80. The Balaban J connectivity index is 2.30. The molecular formula is C12H24N2OS. The highest BCUT2D eigenvalue weighted by Crippen LogP contribution is 2.20. The lowest BCUT2D eigenvalue weighted by molar-refractivity contribution is 0.173. The number of carbonyl (C=O) groups excluding carboxylic acids is 1. The van der Waals surface area contributed by atoms with Gasteiger partial charge in [-0.05, 0) is 38.9 Å². The molecule has 16 heavy (non-hydrogen) atoms. The fraction of sp³-hybridized carbons (Fsp3) is 0.917. The van der Waals surface area contributed by atoms with Crippen molar-refractivity contribution in [1.82, 2.24) is 10.2 Å². The highest BCUT2D eigenvalue weighted by atomic mass is 32.2. The van der Waals surface area contributed by atoms with E-state index in [2.05, 4.69) is 32.3 Å². The molecule has 1 heterocycles. The molecule has 4 heteroatoms. The summed E-state index contributed by atoms with van der Waals surface area (Å²) in [4.78, 5) is 13.8. The van der Waals surface area contributed by atoms with Crippen molar-refractivity contribution in [2.24, 2.45) is 5.92 Å². The van der Waals surface area contributed by atoms with Crippen LogP contribution in [0.25, 0.3) is 0 Å². The second-order valence-corrected chi connectivity index (χ2v) is 6.81. The van der Waals surface area contributed by atoms with Gasteiger partial charge in [0.15, 0.2) is 0 Å². The second-order valence-electron chi connectivity index (χ2n) is 5.29. The van der Waals surface area contributed by atoms with Gasteiger partial charge in [0.1, 0.15) is 0 Å². The number of amides is 2. The molecule has 0 unspecified atom stereocenters. The summed E-state index contributed by atoms with van der Waals surface area (Å²) in [5.41, 5.74) is 0. The molecule has 0 atom stereocenters. The van der Waals surface area contributed by atoms with Crippen molar-refractivity contribution in [2.75, 3.05) is 25.9 Å². The number of thioether (sulfide) groups is 1. The number of urea groups is 1. The van der Waals surface area contributed by atoms with E-state index < -0.39 is 0 Å². The van der Waals surface area contributed by atoms with Crippen molar-refractivity contribution in [2.45, 2.75) is 38.4 Å². The molecule has 0 radical (unpaired) electrons. The van der Waals surface area contributed by atoms with E-state index in [4.69, 9.17) is 0 Å². The van der Waals surface area contributed by atoms with Crippen molar-refractivity contribution in [3.63, 3.8) is 0 Å². The maximum atomic E-state index is 11.9. The first-order valence-electron chi connectivity index (χ1n) is 6.02. The molecule has 1 aliphatic heterocycles. The fourth-order valence-electron chi connectivity index (χ4n) is 1.68. The molecule has 1 N–H and O–H groups in total. The topological polar surface area (TPSA) is 32.3 Å². The van der Waals surface area contributed by atoms with Crippen LogP contribution in [0, 0.1) is 5.92 Å². The van der Waals surface area contributed by atoms with E-state index in [-0.39, 0.29) is 10.8 Å². The molecule has 0 aromatic heterocycles. The van der Waals surface area contributed by atoms with Crippen molar-refractivity contribution in [3.8, 4) is 0 Å². The normalized spacial score (nSPS) is 18.6. The SMILES string of the molecule is CSC(C)(C)CNC(=O)N1CCC(C)CC1. The number of nitrogens with zero attached hydrogens (tertiary/aromatic N) is 1. The molecule has 3 nitrogen and oxygen atoms in total. The fourth-order valence-corrected chi connectivity index (χ4v) is 1.90. The van der Waals surface area contributed by atoms with Crippen LogP contribution in [0.15, 0.2) is 0 Å². The average Bonchev–Trinajstić information content (AvgIpc) is 2.27. The van der Waals surface area contributed by atoms with Gasteiger partial charge >= 0.3 is 6.03 Å². The maximum absolute atomic E-state index is 11.9. The molecule has 1 rings (SSSR count). The van der Waals surface area contributed by atoms with E-state index in [1.54, 1.807) is 11.8 Å². The van der Waals surface area contributed by atoms with E-state index in [0.717, 1.165) is 38.4 Å². The van der Waals surface area contributed by atoms with Gasteiger partial charge in [0.05, 0.1) is 0 Å². The van der Waals surface area contributed by atoms with Crippen LogP contribution in [-0.2, 0) is 0 Å². The predicted octanol–water partition coefficient (Wildman–Crippen LogP) is 2.57. The third-order valence-electron chi connectivity index (χ3n) is 3.29.